The van der Waals surface area contributed by atoms with Gasteiger partial charge in [-0.1, -0.05) is 36.4 Å². The highest BCUT2D eigenvalue weighted by atomic mass is 32.2. The van der Waals surface area contributed by atoms with Crippen molar-refractivity contribution in [2.24, 2.45) is 0 Å². The van der Waals surface area contributed by atoms with Gasteiger partial charge in [0.1, 0.15) is 0 Å². The molecular weight excluding hydrogens is 390 g/mol. The Morgan fingerprint density at radius 2 is 1.97 bits per heavy atom. The fourth-order valence-corrected chi connectivity index (χ4v) is 4.18. The summed E-state index contributed by atoms with van der Waals surface area (Å²) in [5.74, 6) is 1.23. The van der Waals surface area contributed by atoms with Crippen LogP contribution in [0.4, 0.5) is 5.82 Å². The number of nitrogens with zero attached hydrogens (tertiary/aromatic N) is 4. The SMILES string of the molecule is CCS(=O)(=O)N1CC=C(c2cnc(N)c(-c3ncc(-c4ccccc4)o3)n2)CC1. The summed E-state index contributed by atoms with van der Waals surface area (Å²) >= 11 is 0. The van der Waals surface area contributed by atoms with Crippen LogP contribution in [-0.4, -0.2) is 46.5 Å². The van der Waals surface area contributed by atoms with E-state index in [1.54, 1.807) is 19.3 Å². The smallest absolute Gasteiger partial charge is 0.249 e. The number of oxazole rings is 1. The average Bonchev–Trinajstić information content (AvgIpc) is 3.25. The maximum atomic E-state index is 12.0. The second kappa shape index (κ2) is 7.76. The van der Waals surface area contributed by atoms with Crippen molar-refractivity contribution in [1.82, 2.24) is 19.3 Å². The van der Waals surface area contributed by atoms with E-state index in [4.69, 9.17) is 10.2 Å². The first kappa shape index (κ1) is 19.3. The van der Waals surface area contributed by atoms with Gasteiger partial charge >= 0.3 is 0 Å². The van der Waals surface area contributed by atoms with Gasteiger partial charge in [-0.05, 0) is 18.9 Å². The fraction of sp³-hybridized carbons (Fsp3) is 0.250. The van der Waals surface area contributed by atoms with Crippen LogP contribution in [0.25, 0.3) is 28.5 Å². The largest absolute Gasteiger partial charge is 0.435 e. The van der Waals surface area contributed by atoms with Gasteiger partial charge in [-0.3, -0.25) is 0 Å². The Hall–Kier alpha value is -3.04. The van der Waals surface area contributed by atoms with Crippen molar-refractivity contribution < 1.29 is 12.8 Å². The van der Waals surface area contributed by atoms with E-state index >= 15 is 0 Å². The van der Waals surface area contributed by atoms with Gasteiger partial charge in [0.2, 0.25) is 15.9 Å². The lowest BCUT2D eigenvalue weighted by molar-refractivity contribution is 0.442. The van der Waals surface area contributed by atoms with Crippen molar-refractivity contribution in [3.63, 3.8) is 0 Å². The molecule has 1 aliphatic heterocycles. The molecule has 0 saturated heterocycles. The predicted octanol–water partition coefficient (Wildman–Crippen LogP) is 2.82. The quantitative estimate of drug-likeness (QED) is 0.686. The molecule has 3 aromatic rings. The van der Waals surface area contributed by atoms with Crippen LogP contribution in [0.1, 0.15) is 19.0 Å². The van der Waals surface area contributed by atoms with Crippen LogP contribution < -0.4 is 5.73 Å². The molecule has 29 heavy (non-hydrogen) atoms. The summed E-state index contributed by atoms with van der Waals surface area (Å²) < 4.78 is 31.4. The number of rotatable bonds is 5. The number of nitrogens with two attached hydrogens (primary N) is 1. The van der Waals surface area contributed by atoms with Gasteiger partial charge in [0.05, 0.1) is 23.8 Å². The Morgan fingerprint density at radius 1 is 1.17 bits per heavy atom. The first-order chi connectivity index (χ1) is 14.0. The van der Waals surface area contributed by atoms with Gasteiger partial charge in [-0.2, -0.15) is 4.31 Å². The zero-order chi connectivity index (χ0) is 20.4. The number of benzene rings is 1. The number of nitrogen functional groups attached to an aromatic ring is 1. The lowest BCUT2D eigenvalue weighted by atomic mass is 10.1. The third kappa shape index (κ3) is 3.92. The summed E-state index contributed by atoms with van der Waals surface area (Å²) in [7, 11) is -3.20. The van der Waals surface area contributed by atoms with E-state index in [-0.39, 0.29) is 11.6 Å². The molecule has 150 valence electrons. The molecule has 0 atom stereocenters. The number of anilines is 1. The molecular formula is C20H21N5O3S. The van der Waals surface area contributed by atoms with E-state index in [0.717, 1.165) is 11.1 Å². The normalized spacial score (nSPS) is 15.3. The number of hydrogen-bond donors (Lipinski definition) is 1. The van der Waals surface area contributed by atoms with E-state index in [9.17, 15) is 8.42 Å². The van der Waals surface area contributed by atoms with Gasteiger partial charge in [0, 0.05) is 18.7 Å². The summed E-state index contributed by atoms with van der Waals surface area (Å²) in [6.07, 6.45) is 5.64. The number of hydrogen-bond acceptors (Lipinski definition) is 7. The van der Waals surface area contributed by atoms with Crippen molar-refractivity contribution in [3.05, 3.63) is 54.5 Å². The summed E-state index contributed by atoms with van der Waals surface area (Å²) in [6, 6.07) is 9.63. The zero-order valence-corrected chi connectivity index (χ0v) is 16.8. The minimum absolute atomic E-state index is 0.0932. The monoisotopic (exact) mass is 411 g/mol. The van der Waals surface area contributed by atoms with Gasteiger partial charge < -0.3 is 10.2 Å². The third-order valence-corrected chi connectivity index (χ3v) is 6.67. The molecule has 0 saturated carbocycles. The van der Waals surface area contributed by atoms with Crippen LogP contribution in [0.15, 0.2) is 53.2 Å². The van der Waals surface area contributed by atoms with Gasteiger partial charge in [0.15, 0.2) is 17.3 Å². The van der Waals surface area contributed by atoms with Crippen LogP contribution in [0.2, 0.25) is 0 Å². The highest BCUT2D eigenvalue weighted by Crippen LogP contribution is 2.29. The maximum Gasteiger partial charge on any atom is 0.249 e. The molecule has 1 aliphatic rings. The topological polar surface area (TPSA) is 115 Å². The molecule has 0 aliphatic carbocycles. The molecule has 1 aromatic carbocycles. The Bertz CT molecular complexity index is 1160. The lowest BCUT2D eigenvalue weighted by Crippen LogP contribution is -2.35. The summed E-state index contributed by atoms with van der Waals surface area (Å²) in [5.41, 5.74) is 8.86. The van der Waals surface area contributed by atoms with E-state index < -0.39 is 10.0 Å². The van der Waals surface area contributed by atoms with E-state index in [1.165, 1.54) is 4.31 Å². The number of aromatic nitrogens is 3. The van der Waals surface area contributed by atoms with Crippen LogP contribution in [0, 0.1) is 0 Å². The third-order valence-electron chi connectivity index (χ3n) is 4.83. The zero-order valence-electron chi connectivity index (χ0n) is 15.9. The predicted molar refractivity (Wildman–Crippen MR) is 111 cm³/mol. The maximum absolute atomic E-state index is 12.0. The molecule has 0 bridgehead atoms. The second-order valence-electron chi connectivity index (χ2n) is 6.62. The van der Waals surface area contributed by atoms with E-state index in [0.29, 0.717) is 42.5 Å². The first-order valence-electron chi connectivity index (χ1n) is 9.29. The minimum Gasteiger partial charge on any atom is -0.435 e. The standard InChI is InChI=1S/C20H21N5O3S/c1-2-29(26,27)25-10-8-14(9-11-25)16-12-22-19(21)18(24-16)20-23-13-17(28-20)15-6-4-3-5-7-15/h3-8,12-13H,2,9-11H2,1H3,(H2,21,22). The molecule has 2 N–H and O–H groups in total. The molecule has 0 unspecified atom stereocenters. The van der Waals surface area contributed by atoms with Gasteiger partial charge in [-0.25, -0.2) is 23.4 Å². The Kier molecular flexibility index (Phi) is 5.16. The van der Waals surface area contributed by atoms with Gasteiger partial charge in [-0.15, -0.1) is 0 Å². The second-order valence-corrected chi connectivity index (χ2v) is 8.88. The van der Waals surface area contributed by atoms with Crippen LogP contribution >= 0.6 is 0 Å². The fourth-order valence-electron chi connectivity index (χ4n) is 3.15. The van der Waals surface area contributed by atoms with Crippen molar-refractivity contribution >= 4 is 21.4 Å². The van der Waals surface area contributed by atoms with Gasteiger partial charge in [0.25, 0.3) is 0 Å². The highest BCUT2D eigenvalue weighted by Gasteiger charge is 2.24. The summed E-state index contributed by atoms with van der Waals surface area (Å²) in [4.78, 5) is 13.1. The Balaban J connectivity index is 1.62. The summed E-state index contributed by atoms with van der Waals surface area (Å²) in [5, 5.41) is 0. The molecule has 2 aromatic heterocycles. The van der Waals surface area contributed by atoms with Crippen LogP contribution in [0.5, 0.6) is 0 Å². The molecule has 9 heteroatoms. The molecule has 4 rings (SSSR count). The average molecular weight is 411 g/mol. The molecule has 0 amide bonds. The summed E-state index contributed by atoms with van der Waals surface area (Å²) in [6.45, 7) is 2.39. The molecule has 3 heterocycles. The van der Waals surface area contributed by atoms with E-state index in [2.05, 4.69) is 15.0 Å². The highest BCUT2D eigenvalue weighted by molar-refractivity contribution is 7.89. The van der Waals surface area contributed by atoms with Crippen LogP contribution in [0.3, 0.4) is 0 Å². The van der Waals surface area contributed by atoms with Crippen molar-refractivity contribution in [3.8, 4) is 22.9 Å². The van der Waals surface area contributed by atoms with Crippen LogP contribution in [-0.2, 0) is 10.0 Å². The molecule has 8 nitrogen and oxygen atoms in total. The van der Waals surface area contributed by atoms with Crippen molar-refractivity contribution in [2.45, 2.75) is 13.3 Å². The first-order valence-corrected chi connectivity index (χ1v) is 10.9. The molecule has 0 spiro atoms. The molecule has 0 radical (unpaired) electrons. The van der Waals surface area contributed by atoms with Crippen molar-refractivity contribution in [2.75, 3.05) is 24.6 Å². The Labute approximate surface area is 169 Å². The van der Waals surface area contributed by atoms with E-state index in [1.807, 2.05) is 36.4 Å². The van der Waals surface area contributed by atoms with Crippen molar-refractivity contribution in [1.29, 1.82) is 0 Å². The number of sulfonamides is 1. The lowest BCUT2D eigenvalue weighted by Gasteiger charge is -2.25. The minimum atomic E-state index is -3.20. The molecule has 0 fully saturated rings. The Morgan fingerprint density at radius 3 is 2.66 bits per heavy atom.